The van der Waals surface area contributed by atoms with Crippen molar-refractivity contribution in [2.75, 3.05) is 0 Å². The van der Waals surface area contributed by atoms with Crippen molar-refractivity contribution in [3.63, 3.8) is 0 Å². The highest BCUT2D eigenvalue weighted by atomic mass is 16.1. The van der Waals surface area contributed by atoms with Crippen molar-refractivity contribution in [2.45, 2.75) is 19.8 Å². The predicted octanol–water partition coefficient (Wildman–Crippen LogP) is 0.640. The van der Waals surface area contributed by atoms with Crippen molar-refractivity contribution in [2.24, 2.45) is 0 Å². The number of nitrogens with zero attached hydrogens (tertiary/aromatic N) is 1. The van der Waals surface area contributed by atoms with Gasteiger partial charge in [0.1, 0.15) is 0 Å². The Labute approximate surface area is 71.4 Å². The number of aromatic amines is 1. The van der Waals surface area contributed by atoms with Gasteiger partial charge in [-0.25, -0.2) is 4.98 Å². The molecule has 12 heavy (non-hydrogen) atoms. The van der Waals surface area contributed by atoms with E-state index in [1.165, 1.54) is 0 Å². The zero-order chi connectivity index (χ0) is 8.81. The van der Waals surface area contributed by atoms with Gasteiger partial charge in [-0.1, -0.05) is 6.92 Å². The Morgan fingerprint density at radius 1 is 1.83 bits per heavy atom. The quantitative estimate of drug-likeness (QED) is 0.689. The standard InChI is InChI=1S/C8H12N3O/c1-2-3-10-8(12)4-7-5-9-6-11-7/h3,5-6H,2,4H2,1H3,(H,9,11)(H,10,12). The first kappa shape index (κ1) is 8.77. The fraction of sp³-hybridized carbons (Fsp3) is 0.375. The van der Waals surface area contributed by atoms with Crippen LogP contribution in [0.4, 0.5) is 0 Å². The monoisotopic (exact) mass is 166 g/mol. The smallest absolute Gasteiger partial charge is 0.226 e. The van der Waals surface area contributed by atoms with E-state index in [2.05, 4.69) is 15.3 Å². The molecule has 1 aromatic heterocycles. The van der Waals surface area contributed by atoms with Gasteiger partial charge in [0.25, 0.3) is 0 Å². The number of carbonyl (C=O) groups excluding carboxylic acids is 1. The zero-order valence-corrected chi connectivity index (χ0v) is 7.00. The van der Waals surface area contributed by atoms with Gasteiger partial charge >= 0.3 is 0 Å². The first-order valence-corrected chi connectivity index (χ1v) is 3.91. The molecule has 0 fully saturated rings. The maximum Gasteiger partial charge on any atom is 0.226 e. The molecule has 2 N–H and O–H groups in total. The molecule has 0 unspecified atom stereocenters. The SMILES string of the molecule is CC[CH]NC(=O)Cc1c[nH]cn1. The largest absolute Gasteiger partial charge is 0.351 e. The van der Waals surface area contributed by atoms with E-state index in [1.54, 1.807) is 19.1 Å². The third kappa shape index (κ3) is 2.74. The molecule has 0 bridgehead atoms. The number of imidazole rings is 1. The minimum Gasteiger partial charge on any atom is -0.351 e. The van der Waals surface area contributed by atoms with Crippen LogP contribution in [0.15, 0.2) is 12.5 Å². The zero-order valence-electron chi connectivity index (χ0n) is 7.00. The average Bonchev–Trinajstić information content (AvgIpc) is 2.53. The number of rotatable bonds is 4. The average molecular weight is 166 g/mol. The number of amides is 1. The predicted molar refractivity (Wildman–Crippen MR) is 45.0 cm³/mol. The second-order valence-corrected chi connectivity index (χ2v) is 2.42. The van der Waals surface area contributed by atoms with E-state index in [0.29, 0.717) is 6.42 Å². The molecule has 0 spiro atoms. The molecular weight excluding hydrogens is 154 g/mol. The molecule has 1 amide bonds. The molecule has 1 aromatic rings. The molecule has 4 nitrogen and oxygen atoms in total. The van der Waals surface area contributed by atoms with Crippen LogP contribution >= 0.6 is 0 Å². The van der Waals surface area contributed by atoms with E-state index in [4.69, 9.17) is 0 Å². The number of hydrogen-bond donors (Lipinski definition) is 2. The number of nitrogens with one attached hydrogen (secondary N) is 2. The van der Waals surface area contributed by atoms with Crippen LogP contribution in [0.3, 0.4) is 0 Å². The summed E-state index contributed by atoms with van der Waals surface area (Å²) < 4.78 is 0. The van der Waals surface area contributed by atoms with Gasteiger partial charge in [0.2, 0.25) is 5.91 Å². The van der Waals surface area contributed by atoms with Crippen LogP contribution in [0.2, 0.25) is 0 Å². The second kappa shape index (κ2) is 4.54. The molecule has 65 valence electrons. The van der Waals surface area contributed by atoms with Crippen molar-refractivity contribution < 1.29 is 4.79 Å². The molecule has 0 aliphatic carbocycles. The van der Waals surface area contributed by atoms with Crippen molar-refractivity contribution in [3.8, 4) is 0 Å². The van der Waals surface area contributed by atoms with Gasteiger partial charge in [0, 0.05) is 12.7 Å². The van der Waals surface area contributed by atoms with Crippen LogP contribution in [0.5, 0.6) is 0 Å². The van der Waals surface area contributed by atoms with Crippen molar-refractivity contribution >= 4 is 5.91 Å². The molecule has 1 radical (unpaired) electrons. The Kier molecular flexibility index (Phi) is 3.32. The van der Waals surface area contributed by atoms with Crippen LogP contribution in [-0.4, -0.2) is 15.9 Å². The number of hydrogen-bond acceptors (Lipinski definition) is 2. The molecule has 4 heteroatoms. The molecule has 0 saturated carbocycles. The lowest BCUT2D eigenvalue weighted by Crippen LogP contribution is -2.22. The summed E-state index contributed by atoms with van der Waals surface area (Å²) in [6, 6.07) is 0. The molecule has 1 heterocycles. The van der Waals surface area contributed by atoms with E-state index in [0.717, 1.165) is 12.1 Å². The number of carbonyl (C=O) groups is 1. The normalized spacial score (nSPS) is 9.75. The summed E-state index contributed by atoms with van der Waals surface area (Å²) in [7, 11) is 0. The van der Waals surface area contributed by atoms with E-state index in [1.807, 2.05) is 6.92 Å². The van der Waals surface area contributed by atoms with Gasteiger partial charge in [-0.2, -0.15) is 0 Å². The Hall–Kier alpha value is -1.32. The minimum absolute atomic E-state index is 0.0241. The summed E-state index contributed by atoms with van der Waals surface area (Å²) in [5.74, 6) is -0.0241. The van der Waals surface area contributed by atoms with Crippen molar-refractivity contribution in [3.05, 3.63) is 24.8 Å². The summed E-state index contributed by atoms with van der Waals surface area (Å²) in [6.07, 6.45) is 4.45. The lowest BCUT2D eigenvalue weighted by molar-refractivity contribution is -0.119. The van der Waals surface area contributed by atoms with Gasteiger partial charge < -0.3 is 10.3 Å². The van der Waals surface area contributed by atoms with E-state index < -0.39 is 0 Å². The highest BCUT2D eigenvalue weighted by Crippen LogP contribution is 1.92. The maximum absolute atomic E-state index is 11.1. The Morgan fingerprint density at radius 2 is 2.67 bits per heavy atom. The molecule has 1 rings (SSSR count). The number of aromatic nitrogens is 2. The van der Waals surface area contributed by atoms with E-state index in [9.17, 15) is 4.79 Å². The Bertz CT molecular complexity index is 230. The minimum atomic E-state index is -0.0241. The van der Waals surface area contributed by atoms with Crippen molar-refractivity contribution in [1.82, 2.24) is 15.3 Å². The number of H-pyrrole nitrogens is 1. The van der Waals surface area contributed by atoms with Gasteiger partial charge in [-0.05, 0) is 6.42 Å². The maximum atomic E-state index is 11.1. The molecule has 0 aromatic carbocycles. The molecule has 0 saturated heterocycles. The first-order valence-electron chi connectivity index (χ1n) is 3.91. The third-order valence-electron chi connectivity index (χ3n) is 1.36. The van der Waals surface area contributed by atoms with Crippen LogP contribution in [-0.2, 0) is 11.2 Å². The summed E-state index contributed by atoms with van der Waals surface area (Å²) in [6.45, 7) is 3.70. The van der Waals surface area contributed by atoms with Gasteiger partial charge in [-0.3, -0.25) is 4.79 Å². The molecule has 0 aliphatic rings. The Morgan fingerprint density at radius 3 is 3.25 bits per heavy atom. The fourth-order valence-corrected chi connectivity index (χ4v) is 0.819. The summed E-state index contributed by atoms with van der Waals surface area (Å²) in [5, 5.41) is 2.65. The highest BCUT2D eigenvalue weighted by molar-refractivity contribution is 5.78. The first-order chi connectivity index (χ1) is 5.83. The van der Waals surface area contributed by atoms with Gasteiger partial charge in [0.15, 0.2) is 0 Å². The van der Waals surface area contributed by atoms with Crippen LogP contribution < -0.4 is 5.32 Å². The summed E-state index contributed by atoms with van der Waals surface area (Å²) in [4.78, 5) is 17.8. The fourth-order valence-electron chi connectivity index (χ4n) is 0.819. The summed E-state index contributed by atoms with van der Waals surface area (Å²) >= 11 is 0. The van der Waals surface area contributed by atoms with E-state index >= 15 is 0 Å². The lowest BCUT2D eigenvalue weighted by atomic mass is 10.3. The van der Waals surface area contributed by atoms with E-state index in [-0.39, 0.29) is 5.91 Å². The van der Waals surface area contributed by atoms with Crippen LogP contribution in [0.25, 0.3) is 0 Å². The van der Waals surface area contributed by atoms with Crippen molar-refractivity contribution in [1.29, 1.82) is 0 Å². The molecule has 0 atom stereocenters. The van der Waals surface area contributed by atoms with Crippen LogP contribution in [0.1, 0.15) is 19.0 Å². The highest BCUT2D eigenvalue weighted by Gasteiger charge is 2.02. The van der Waals surface area contributed by atoms with Crippen LogP contribution in [0, 0.1) is 6.54 Å². The molecule has 0 aliphatic heterocycles. The Balaban J connectivity index is 2.27. The second-order valence-electron chi connectivity index (χ2n) is 2.42. The van der Waals surface area contributed by atoms with Gasteiger partial charge in [0.05, 0.1) is 18.4 Å². The molecular formula is C8H12N3O. The van der Waals surface area contributed by atoms with Gasteiger partial charge in [-0.15, -0.1) is 0 Å². The summed E-state index contributed by atoms with van der Waals surface area (Å²) in [5.41, 5.74) is 0.761. The lowest BCUT2D eigenvalue weighted by Gasteiger charge is -1.99. The third-order valence-corrected chi connectivity index (χ3v) is 1.36. The topological polar surface area (TPSA) is 57.8 Å².